The van der Waals surface area contributed by atoms with E-state index in [4.69, 9.17) is 0 Å². The highest BCUT2D eigenvalue weighted by Crippen LogP contribution is 2.17. The van der Waals surface area contributed by atoms with E-state index in [0.29, 0.717) is 19.4 Å². The van der Waals surface area contributed by atoms with E-state index in [0.717, 1.165) is 12.1 Å². The third-order valence-electron chi connectivity index (χ3n) is 3.08. The molecule has 0 spiro atoms. The molecule has 0 bridgehead atoms. The van der Waals surface area contributed by atoms with Crippen molar-refractivity contribution in [3.63, 3.8) is 0 Å². The van der Waals surface area contributed by atoms with Gasteiger partial charge in [-0.05, 0) is 25.0 Å². The molecule has 1 aromatic carbocycles. The summed E-state index contributed by atoms with van der Waals surface area (Å²) in [5.74, 6) is -4.24. The van der Waals surface area contributed by atoms with E-state index in [1.54, 1.807) is 0 Å². The van der Waals surface area contributed by atoms with Gasteiger partial charge >= 0.3 is 11.8 Å². The first kappa shape index (κ1) is 14.4. The summed E-state index contributed by atoms with van der Waals surface area (Å²) < 4.78 is 26.4. The minimum atomic E-state index is -1.22. The van der Waals surface area contributed by atoms with E-state index >= 15 is 0 Å². The molecule has 0 aliphatic carbocycles. The number of aliphatic hydroxyl groups excluding tert-OH is 1. The lowest BCUT2D eigenvalue weighted by Gasteiger charge is -2.29. The van der Waals surface area contributed by atoms with Crippen molar-refractivity contribution in [2.45, 2.75) is 18.9 Å². The average Bonchev–Trinajstić information content (AvgIpc) is 2.43. The van der Waals surface area contributed by atoms with Crippen LogP contribution >= 0.6 is 0 Å². The second-order valence-corrected chi connectivity index (χ2v) is 4.60. The number of halogens is 2. The number of carbonyl (C=O) groups is 2. The fraction of sp³-hybridized carbons (Fsp3) is 0.385. The SMILES string of the molecule is O=C(Nc1cccc(F)c1F)C(=O)N1CCCC(O)C1. The number of carbonyl (C=O) groups excluding carboxylic acids is 2. The molecule has 108 valence electrons. The summed E-state index contributed by atoms with van der Waals surface area (Å²) in [4.78, 5) is 24.7. The Bertz CT molecular complexity index is 536. The molecule has 0 radical (unpaired) electrons. The van der Waals surface area contributed by atoms with Crippen molar-refractivity contribution in [2.75, 3.05) is 18.4 Å². The number of anilines is 1. The summed E-state index contributed by atoms with van der Waals surface area (Å²) in [6.07, 6.45) is 0.504. The third-order valence-corrected chi connectivity index (χ3v) is 3.08. The molecule has 1 saturated heterocycles. The molecule has 20 heavy (non-hydrogen) atoms. The standard InChI is InChI=1S/C13H14F2N2O3/c14-9-4-1-5-10(11(9)15)16-12(19)13(20)17-6-2-3-8(18)7-17/h1,4-5,8,18H,2-3,6-7H2,(H,16,19). The van der Waals surface area contributed by atoms with Gasteiger partial charge in [0.25, 0.3) is 0 Å². The number of rotatable bonds is 1. The Balaban J connectivity index is 2.04. The fourth-order valence-electron chi connectivity index (χ4n) is 2.06. The first-order valence-corrected chi connectivity index (χ1v) is 6.21. The number of nitrogens with one attached hydrogen (secondary N) is 1. The van der Waals surface area contributed by atoms with Gasteiger partial charge in [0, 0.05) is 13.1 Å². The van der Waals surface area contributed by atoms with Gasteiger partial charge in [-0.25, -0.2) is 8.78 Å². The molecule has 5 nitrogen and oxygen atoms in total. The van der Waals surface area contributed by atoms with Crippen LogP contribution in [0.1, 0.15) is 12.8 Å². The Morgan fingerprint density at radius 3 is 2.80 bits per heavy atom. The molecule has 2 N–H and O–H groups in total. The minimum Gasteiger partial charge on any atom is -0.391 e. The van der Waals surface area contributed by atoms with Crippen molar-refractivity contribution >= 4 is 17.5 Å². The molecule has 1 heterocycles. The number of benzene rings is 1. The number of nitrogens with zero attached hydrogens (tertiary/aromatic N) is 1. The highest BCUT2D eigenvalue weighted by molar-refractivity contribution is 6.39. The van der Waals surface area contributed by atoms with E-state index in [2.05, 4.69) is 0 Å². The van der Waals surface area contributed by atoms with E-state index < -0.39 is 29.6 Å². The Kier molecular flexibility index (Phi) is 4.29. The maximum Gasteiger partial charge on any atom is 0.313 e. The van der Waals surface area contributed by atoms with Crippen LogP contribution in [-0.2, 0) is 9.59 Å². The van der Waals surface area contributed by atoms with Gasteiger partial charge in [0.15, 0.2) is 11.6 Å². The molecule has 1 unspecified atom stereocenters. The maximum absolute atomic E-state index is 13.4. The lowest BCUT2D eigenvalue weighted by Crippen LogP contribution is -2.46. The van der Waals surface area contributed by atoms with Gasteiger partial charge in [-0.1, -0.05) is 6.07 Å². The molecule has 0 saturated carbocycles. The molecule has 7 heteroatoms. The average molecular weight is 284 g/mol. The van der Waals surface area contributed by atoms with Crippen molar-refractivity contribution < 1.29 is 23.5 Å². The molecule has 1 aromatic rings. The second-order valence-electron chi connectivity index (χ2n) is 4.60. The van der Waals surface area contributed by atoms with E-state index in [1.165, 1.54) is 11.0 Å². The summed E-state index contributed by atoms with van der Waals surface area (Å²) in [6.45, 7) is 0.423. The topological polar surface area (TPSA) is 69.6 Å². The number of hydrogen-bond donors (Lipinski definition) is 2. The van der Waals surface area contributed by atoms with Crippen LogP contribution in [0, 0.1) is 11.6 Å². The quantitative estimate of drug-likeness (QED) is 0.752. The molecule has 2 rings (SSSR count). The van der Waals surface area contributed by atoms with Crippen molar-refractivity contribution in [1.29, 1.82) is 0 Å². The summed E-state index contributed by atoms with van der Waals surface area (Å²) in [5.41, 5.74) is -0.388. The summed E-state index contributed by atoms with van der Waals surface area (Å²) in [6, 6.07) is 3.30. The first-order valence-electron chi connectivity index (χ1n) is 6.21. The molecule has 0 aromatic heterocycles. The van der Waals surface area contributed by atoms with Crippen LogP contribution in [0.2, 0.25) is 0 Å². The predicted molar refractivity (Wildman–Crippen MR) is 66.8 cm³/mol. The normalized spacial score (nSPS) is 18.8. The zero-order valence-corrected chi connectivity index (χ0v) is 10.6. The Labute approximate surface area is 114 Å². The molecule has 1 atom stereocenters. The summed E-state index contributed by atoms with van der Waals surface area (Å²) in [7, 11) is 0. The van der Waals surface area contributed by atoms with Crippen LogP contribution in [0.4, 0.5) is 14.5 Å². The molecule has 1 fully saturated rings. The predicted octanol–water partition coefficient (Wildman–Crippen LogP) is 0.887. The van der Waals surface area contributed by atoms with Crippen LogP contribution in [0.15, 0.2) is 18.2 Å². The second kappa shape index (κ2) is 5.96. The van der Waals surface area contributed by atoms with Crippen LogP contribution in [-0.4, -0.2) is 41.0 Å². The summed E-state index contributed by atoms with van der Waals surface area (Å²) in [5, 5.41) is 11.5. The van der Waals surface area contributed by atoms with Gasteiger partial charge in [0.2, 0.25) is 0 Å². The van der Waals surface area contributed by atoms with E-state index in [-0.39, 0.29) is 12.2 Å². The molecule has 1 aliphatic heterocycles. The highest BCUT2D eigenvalue weighted by atomic mass is 19.2. The number of aliphatic hydroxyl groups is 1. The Hall–Kier alpha value is -2.02. The van der Waals surface area contributed by atoms with Crippen molar-refractivity contribution in [3.8, 4) is 0 Å². The molecule has 2 amide bonds. The lowest BCUT2D eigenvalue weighted by molar-refractivity contribution is -0.145. The largest absolute Gasteiger partial charge is 0.391 e. The highest BCUT2D eigenvalue weighted by Gasteiger charge is 2.27. The maximum atomic E-state index is 13.4. The molecule has 1 aliphatic rings. The monoisotopic (exact) mass is 284 g/mol. The van der Waals surface area contributed by atoms with Gasteiger partial charge < -0.3 is 15.3 Å². The summed E-state index contributed by atoms with van der Waals surface area (Å²) >= 11 is 0. The van der Waals surface area contributed by atoms with Crippen LogP contribution in [0.25, 0.3) is 0 Å². The fourth-order valence-corrected chi connectivity index (χ4v) is 2.06. The smallest absolute Gasteiger partial charge is 0.313 e. The van der Waals surface area contributed by atoms with Crippen molar-refractivity contribution in [2.24, 2.45) is 0 Å². The zero-order chi connectivity index (χ0) is 14.7. The number of hydrogen-bond acceptors (Lipinski definition) is 3. The first-order chi connectivity index (χ1) is 9.49. The number of likely N-dealkylation sites (tertiary alicyclic amines) is 1. The van der Waals surface area contributed by atoms with Gasteiger partial charge in [-0.2, -0.15) is 0 Å². The van der Waals surface area contributed by atoms with Crippen LogP contribution in [0.5, 0.6) is 0 Å². The van der Waals surface area contributed by atoms with Gasteiger partial charge in [-0.3, -0.25) is 9.59 Å². The van der Waals surface area contributed by atoms with Crippen molar-refractivity contribution in [3.05, 3.63) is 29.8 Å². The number of β-amino-alcohol motifs (C(OH)–C–C–N with tert-alkyl or cyclic N) is 1. The molecular formula is C13H14F2N2O3. The van der Waals surface area contributed by atoms with E-state index in [9.17, 15) is 23.5 Å². The third kappa shape index (κ3) is 3.11. The Morgan fingerprint density at radius 1 is 1.35 bits per heavy atom. The van der Waals surface area contributed by atoms with Gasteiger partial charge in [0.05, 0.1) is 11.8 Å². The lowest BCUT2D eigenvalue weighted by atomic mass is 10.1. The van der Waals surface area contributed by atoms with Crippen LogP contribution < -0.4 is 5.32 Å². The van der Waals surface area contributed by atoms with Gasteiger partial charge in [0.1, 0.15) is 0 Å². The Morgan fingerprint density at radius 2 is 2.10 bits per heavy atom. The van der Waals surface area contributed by atoms with Gasteiger partial charge in [-0.15, -0.1) is 0 Å². The minimum absolute atomic E-state index is 0.0673. The number of piperidine rings is 1. The van der Waals surface area contributed by atoms with Crippen molar-refractivity contribution in [1.82, 2.24) is 4.90 Å². The van der Waals surface area contributed by atoms with E-state index in [1.807, 2.05) is 5.32 Å². The molecular weight excluding hydrogens is 270 g/mol. The zero-order valence-electron chi connectivity index (χ0n) is 10.6. The number of amides is 2. The van der Waals surface area contributed by atoms with Crippen LogP contribution in [0.3, 0.4) is 0 Å².